The van der Waals surface area contributed by atoms with E-state index in [2.05, 4.69) is 19.0 Å². The van der Waals surface area contributed by atoms with Crippen molar-refractivity contribution in [2.75, 3.05) is 27.3 Å². The molecule has 0 radical (unpaired) electrons. The summed E-state index contributed by atoms with van der Waals surface area (Å²) in [7, 11) is 4.27. The van der Waals surface area contributed by atoms with E-state index in [4.69, 9.17) is 9.47 Å². The minimum absolute atomic E-state index is 0.110. The summed E-state index contributed by atoms with van der Waals surface area (Å²) < 4.78 is 24.7. The average Bonchev–Trinajstić information content (AvgIpc) is 2.93. The van der Waals surface area contributed by atoms with Crippen molar-refractivity contribution in [3.05, 3.63) is 35.6 Å². The Morgan fingerprint density at radius 3 is 2.10 bits per heavy atom. The Labute approximate surface area is 126 Å². The molecule has 116 valence electrons. The van der Waals surface area contributed by atoms with Crippen LogP contribution < -0.4 is 0 Å². The number of hydrogen-bond donors (Lipinski definition) is 0. The zero-order chi connectivity index (χ0) is 14.9. The van der Waals surface area contributed by atoms with Crippen LogP contribution in [0.3, 0.4) is 0 Å². The third kappa shape index (κ3) is 2.98. The number of likely N-dealkylation sites (N-methyl/N-ethyl adjacent to an activating group) is 1. The van der Waals surface area contributed by atoms with Crippen molar-refractivity contribution in [2.24, 2.45) is 0 Å². The second-order valence-electron chi connectivity index (χ2n) is 6.53. The Bertz CT molecular complexity index is 470. The molecule has 0 atom stereocenters. The first-order valence-corrected chi connectivity index (χ1v) is 7.74. The summed E-state index contributed by atoms with van der Waals surface area (Å²) in [6, 6.07) is 6.89. The Morgan fingerprint density at radius 2 is 1.57 bits per heavy atom. The fourth-order valence-electron chi connectivity index (χ4n) is 3.65. The molecule has 4 heteroatoms. The summed E-state index contributed by atoms with van der Waals surface area (Å²) >= 11 is 0. The van der Waals surface area contributed by atoms with Gasteiger partial charge in [-0.25, -0.2) is 4.39 Å². The Balaban J connectivity index is 1.73. The number of nitrogens with zero attached hydrogens (tertiary/aromatic N) is 1. The Hall–Kier alpha value is -0.970. The maximum Gasteiger partial charge on any atom is 0.168 e. The van der Waals surface area contributed by atoms with Crippen LogP contribution in [0.1, 0.15) is 31.2 Å². The molecule has 1 aromatic rings. The fourth-order valence-corrected chi connectivity index (χ4v) is 3.65. The van der Waals surface area contributed by atoms with E-state index in [0.29, 0.717) is 13.2 Å². The minimum atomic E-state index is -0.331. The van der Waals surface area contributed by atoms with E-state index in [1.165, 1.54) is 5.56 Å². The lowest BCUT2D eigenvalue weighted by Crippen LogP contribution is -2.52. The number of rotatable bonds is 3. The highest BCUT2D eigenvalue weighted by molar-refractivity contribution is 5.19. The predicted octanol–water partition coefficient (Wildman–Crippen LogP) is 2.99. The molecule has 0 amide bonds. The standard InChI is InChI=1S/C17H24FNO2/c1-19(2)16(13-14-3-5-15(18)6-4-14)7-9-17(10-8-16)20-11-12-21-17/h3-6H,7-13H2,1-2H3. The molecular formula is C17H24FNO2. The van der Waals surface area contributed by atoms with Crippen molar-refractivity contribution >= 4 is 0 Å². The summed E-state index contributed by atoms with van der Waals surface area (Å²) in [5.74, 6) is -0.504. The van der Waals surface area contributed by atoms with Crippen molar-refractivity contribution in [2.45, 2.75) is 43.4 Å². The molecule has 0 bridgehead atoms. The number of halogens is 1. The normalized spacial score (nSPS) is 23.8. The van der Waals surface area contributed by atoms with Crippen molar-refractivity contribution in [1.82, 2.24) is 4.90 Å². The molecule has 1 spiro atoms. The molecule has 2 aliphatic rings. The molecule has 0 unspecified atom stereocenters. The van der Waals surface area contributed by atoms with Crippen molar-refractivity contribution in [1.29, 1.82) is 0 Å². The van der Waals surface area contributed by atoms with Gasteiger partial charge in [0, 0.05) is 18.4 Å². The molecule has 1 aliphatic carbocycles. The van der Waals surface area contributed by atoms with Crippen molar-refractivity contribution in [3.8, 4) is 0 Å². The summed E-state index contributed by atoms with van der Waals surface area (Å²) in [6.45, 7) is 1.43. The van der Waals surface area contributed by atoms with Gasteiger partial charge in [0.15, 0.2) is 5.79 Å². The van der Waals surface area contributed by atoms with Gasteiger partial charge in [0.1, 0.15) is 5.82 Å². The fraction of sp³-hybridized carbons (Fsp3) is 0.647. The molecule has 1 aliphatic heterocycles. The first kappa shape index (κ1) is 14.9. The summed E-state index contributed by atoms with van der Waals surface area (Å²) in [6.07, 6.45) is 4.89. The quantitative estimate of drug-likeness (QED) is 0.855. The van der Waals surface area contributed by atoms with Gasteiger partial charge in [-0.1, -0.05) is 12.1 Å². The molecule has 21 heavy (non-hydrogen) atoms. The van der Waals surface area contributed by atoms with Crippen LogP contribution in [0, 0.1) is 5.82 Å². The maximum atomic E-state index is 13.1. The summed E-state index contributed by atoms with van der Waals surface area (Å²) in [4.78, 5) is 2.32. The molecule has 3 nitrogen and oxygen atoms in total. The highest BCUT2D eigenvalue weighted by Crippen LogP contribution is 2.43. The van der Waals surface area contributed by atoms with Gasteiger partial charge in [0.25, 0.3) is 0 Å². The van der Waals surface area contributed by atoms with E-state index in [-0.39, 0.29) is 17.1 Å². The maximum absolute atomic E-state index is 13.1. The lowest BCUT2D eigenvalue weighted by Gasteiger charge is -2.47. The van der Waals surface area contributed by atoms with E-state index in [0.717, 1.165) is 32.1 Å². The number of hydrogen-bond acceptors (Lipinski definition) is 3. The minimum Gasteiger partial charge on any atom is -0.348 e. The summed E-state index contributed by atoms with van der Waals surface area (Å²) in [5.41, 5.74) is 1.30. The van der Waals surface area contributed by atoms with Crippen LogP contribution >= 0.6 is 0 Å². The van der Waals surface area contributed by atoms with Crippen LogP contribution in [-0.2, 0) is 15.9 Å². The van der Waals surface area contributed by atoms with E-state index in [1.807, 2.05) is 12.1 Å². The van der Waals surface area contributed by atoms with Gasteiger partial charge in [0.05, 0.1) is 13.2 Å². The smallest absolute Gasteiger partial charge is 0.168 e. The molecule has 0 aromatic heterocycles. The van der Waals surface area contributed by atoms with Gasteiger partial charge < -0.3 is 14.4 Å². The van der Waals surface area contributed by atoms with Crippen LogP contribution in [0.15, 0.2) is 24.3 Å². The number of benzene rings is 1. The molecule has 1 aromatic carbocycles. The first-order chi connectivity index (χ1) is 10.0. The van der Waals surface area contributed by atoms with Gasteiger partial charge in [-0.3, -0.25) is 0 Å². The van der Waals surface area contributed by atoms with Crippen LogP contribution in [-0.4, -0.2) is 43.5 Å². The molecule has 3 rings (SSSR count). The molecule has 2 fully saturated rings. The van der Waals surface area contributed by atoms with Crippen LogP contribution in [0.5, 0.6) is 0 Å². The second-order valence-corrected chi connectivity index (χ2v) is 6.53. The zero-order valence-corrected chi connectivity index (χ0v) is 12.9. The molecular weight excluding hydrogens is 269 g/mol. The topological polar surface area (TPSA) is 21.7 Å². The Morgan fingerprint density at radius 1 is 1.00 bits per heavy atom. The van der Waals surface area contributed by atoms with E-state index in [1.54, 1.807) is 12.1 Å². The van der Waals surface area contributed by atoms with Gasteiger partial charge in [-0.2, -0.15) is 0 Å². The van der Waals surface area contributed by atoms with E-state index < -0.39 is 0 Å². The summed E-state index contributed by atoms with van der Waals surface area (Å²) in [5, 5.41) is 0. The van der Waals surface area contributed by atoms with Crippen LogP contribution in [0.25, 0.3) is 0 Å². The van der Waals surface area contributed by atoms with Gasteiger partial charge in [-0.15, -0.1) is 0 Å². The lowest BCUT2D eigenvalue weighted by atomic mass is 9.74. The average molecular weight is 293 g/mol. The van der Waals surface area contributed by atoms with Crippen LogP contribution in [0.4, 0.5) is 4.39 Å². The zero-order valence-electron chi connectivity index (χ0n) is 12.9. The highest BCUT2D eigenvalue weighted by Gasteiger charge is 2.47. The third-order valence-electron chi connectivity index (χ3n) is 5.15. The van der Waals surface area contributed by atoms with Crippen molar-refractivity contribution < 1.29 is 13.9 Å². The molecule has 1 saturated carbocycles. The third-order valence-corrected chi connectivity index (χ3v) is 5.15. The lowest BCUT2D eigenvalue weighted by molar-refractivity contribution is -0.192. The predicted molar refractivity (Wildman–Crippen MR) is 79.6 cm³/mol. The van der Waals surface area contributed by atoms with Crippen LogP contribution in [0.2, 0.25) is 0 Å². The van der Waals surface area contributed by atoms with Gasteiger partial charge in [0.2, 0.25) is 0 Å². The Kier molecular flexibility index (Phi) is 4.04. The number of ether oxygens (including phenoxy) is 2. The van der Waals surface area contributed by atoms with E-state index in [9.17, 15) is 4.39 Å². The first-order valence-electron chi connectivity index (χ1n) is 7.74. The molecule has 1 saturated heterocycles. The van der Waals surface area contributed by atoms with Gasteiger partial charge in [-0.05, 0) is 51.1 Å². The SMILES string of the molecule is CN(C)C1(Cc2ccc(F)cc2)CCC2(CC1)OCCO2. The highest BCUT2D eigenvalue weighted by atomic mass is 19.1. The van der Waals surface area contributed by atoms with E-state index >= 15 is 0 Å². The monoisotopic (exact) mass is 293 g/mol. The van der Waals surface area contributed by atoms with Gasteiger partial charge >= 0.3 is 0 Å². The van der Waals surface area contributed by atoms with Crippen molar-refractivity contribution in [3.63, 3.8) is 0 Å². The second kappa shape index (κ2) is 5.67. The molecule has 1 heterocycles. The largest absolute Gasteiger partial charge is 0.348 e. The molecule has 0 N–H and O–H groups in total.